The van der Waals surface area contributed by atoms with Crippen molar-refractivity contribution in [1.29, 1.82) is 0 Å². The second-order valence-corrected chi connectivity index (χ2v) is 7.13. The van der Waals surface area contributed by atoms with Crippen molar-refractivity contribution in [1.82, 2.24) is 4.98 Å². The first-order valence-corrected chi connectivity index (χ1v) is 8.94. The molecule has 0 radical (unpaired) electrons. The zero-order valence-corrected chi connectivity index (χ0v) is 16.1. The van der Waals surface area contributed by atoms with Gasteiger partial charge in [0.1, 0.15) is 11.5 Å². The molecule has 0 unspecified atom stereocenters. The van der Waals surface area contributed by atoms with Crippen LogP contribution in [0, 0.1) is 6.92 Å². The zero-order chi connectivity index (χ0) is 18.6. The van der Waals surface area contributed by atoms with Crippen LogP contribution < -0.4 is 4.90 Å². The van der Waals surface area contributed by atoms with E-state index in [2.05, 4.69) is 31.4 Å². The van der Waals surface area contributed by atoms with Crippen LogP contribution in [0.15, 0.2) is 48.7 Å². The van der Waals surface area contributed by atoms with Gasteiger partial charge >= 0.3 is 0 Å². The number of aryl methyl sites for hydroxylation is 1. The van der Waals surface area contributed by atoms with E-state index in [1.807, 2.05) is 37.3 Å². The highest BCUT2D eigenvalue weighted by Gasteiger charge is 2.19. The van der Waals surface area contributed by atoms with Crippen molar-refractivity contribution in [3.05, 3.63) is 59.8 Å². The third kappa shape index (κ3) is 4.68. The van der Waals surface area contributed by atoms with E-state index >= 15 is 0 Å². The van der Waals surface area contributed by atoms with Crippen molar-refractivity contribution in [3.8, 4) is 11.3 Å². The molecule has 0 aliphatic rings. The number of nitrogens with zero attached hydrogens (tertiary/aromatic N) is 2. The van der Waals surface area contributed by atoms with Crippen LogP contribution in [0.1, 0.15) is 51.7 Å². The minimum Gasteiger partial charge on any atom is -0.331 e. The maximum Gasteiger partial charge on any atom is 0.136 e. The number of hydrogen-bond donors (Lipinski definition) is 0. The van der Waals surface area contributed by atoms with Crippen LogP contribution in [-0.2, 0) is 5.67 Å². The Kier molecular flexibility index (Phi) is 5.99. The fourth-order valence-corrected chi connectivity index (χ4v) is 2.79. The monoisotopic (exact) mass is 340 g/mol. The number of rotatable bonds is 7. The zero-order valence-electron chi connectivity index (χ0n) is 16.1. The molecule has 0 aliphatic heterocycles. The molecule has 0 saturated carbocycles. The van der Waals surface area contributed by atoms with Gasteiger partial charge in [0.05, 0.1) is 5.69 Å². The third-order valence-corrected chi connectivity index (χ3v) is 4.37. The van der Waals surface area contributed by atoms with E-state index in [1.165, 1.54) is 0 Å². The molecule has 2 nitrogen and oxygen atoms in total. The molecule has 1 aromatic heterocycles. The molecule has 0 N–H and O–H groups in total. The van der Waals surface area contributed by atoms with E-state index in [0.29, 0.717) is 5.56 Å². The maximum atomic E-state index is 14.3. The highest BCUT2D eigenvalue weighted by Crippen LogP contribution is 2.30. The quantitative estimate of drug-likeness (QED) is 0.579. The summed E-state index contributed by atoms with van der Waals surface area (Å²) in [6.07, 6.45) is 2.21. The van der Waals surface area contributed by atoms with Crippen LogP contribution in [0.25, 0.3) is 11.3 Å². The van der Waals surface area contributed by atoms with Gasteiger partial charge in [-0.2, -0.15) is 0 Å². The Hall–Kier alpha value is -2.16. The van der Waals surface area contributed by atoms with Crippen LogP contribution in [0.4, 0.5) is 10.2 Å². The second-order valence-electron chi connectivity index (χ2n) is 7.13. The summed E-state index contributed by atoms with van der Waals surface area (Å²) in [5.41, 5.74) is 3.19. The highest BCUT2D eigenvalue weighted by molar-refractivity contribution is 5.65. The van der Waals surface area contributed by atoms with Crippen molar-refractivity contribution in [2.75, 3.05) is 11.4 Å². The van der Waals surface area contributed by atoms with Gasteiger partial charge in [0, 0.05) is 17.8 Å². The Labute approximate surface area is 151 Å². The summed E-state index contributed by atoms with van der Waals surface area (Å²) in [7, 11) is 0. The van der Waals surface area contributed by atoms with Crippen molar-refractivity contribution < 1.29 is 4.39 Å². The Balaban J connectivity index is 2.46. The number of benzene rings is 1. The minimum absolute atomic E-state index is 0.664. The predicted octanol–water partition coefficient (Wildman–Crippen LogP) is 6.40. The molecule has 3 heteroatoms. The number of alkyl halides is 1. The molecule has 0 aliphatic carbocycles. The molecule has 2 rings (SSSR count). The topological polar surface area (TPSA) is 16.1 Å². The van der Waals surface area contributed by atoms with E-state index in [1.54, 1.807) is 13.8 Å². The molecule has 1 heterocycles. The summed E-state index contributed by atoms with van der Waals surface area (Å²) < 4.78 is 14.3. The summed E-state index contributed by atoms with van der Waals surface area (Å²) >= 11 is 0. The van der Waals surface area contributed by atoms with Gasteiger partial charge in [0.2, 0.25) is 0 Å². The number of unbranched alkanes of at least 4 members (excludes halogenated alkanes) is 1. The summed E-state index contributed by atoms with van der Waals surface area (Å²) in [6.45, 7) is 14.4. The lowest BCUT2D eigenvalue weighted by Crippen LogP contribution is -2.23. The smallest absolute Gasteiger partial charge is 0.136 e. The highest BCUT2D eigenvalue weighted by atomic mass is 19.1. The molecule has 0 fully saturated rings. The van der Waals surface area contributed by atoms with Crippen molar-refractivity contribution >= 4 is 5.82 Å². The van der Waals surface area contributed by atoms with Gasteiger partial charge in [0.15, 0.2) is 0 Å². The Morgan fingerprint density at radius 2 is 1.96 bits per heavy atom. The van der Waals surface area contributed by atoms with E-state index in [4.69, 9.17) is 4.98 Å². The molecule has 2 aromatic rings. The average Bonchev–Trinajstić information content (AvgIpc) is 2.56. The molecule has 134 valence electrons. The maximum absolute atomic E-state index is 14.3. The average molecular weight is 340 g/mol. The molecular formula is C22H29FN2. The van der Waals surface area contributed by atoms with Crippen LogP contribution in [-0.4, -0.2) is 11.5 Å². The SMILES string of the molecule is C=C(C)N(CCCC)c1nc(-c2cccc(C(C)(C)F)c2)ccc1C. The summed E-state index contributed by atoms with van der Waals surface area (Å²) in [5, 5.41) is 0. The first kappa shape index (κ1) is 19.2. The van der Waals surface area contributed by atoms with Gasteiger partial charge in [-0.25, -0.2) is 9.37 Å². The number of hydrogen-bond acceptors (Lipinski definition) is 2. The van der Waals surface area contributed by atoms with Gasteiger partial charge in [-0.05, 0) is 57.4 Å². The van der Waals surface area contributed by atoms with Crippen molar-refractivity contribution in [3.63, 3.8) is 0 Å². The molecule has 1 aromatic carbocycles. The standard InChI is InChI=1S/C22H29FN2/c1-7-8-14-25(16(2)3)21-17(4)12-13-20(24-21)18-10-9-11-19(15-18)22(5,6)23/h9-13,15H,2,7-8,14H2,1,3-6H3. The third-order valence-electron chi connectivity index (χ3n) is 4.37. The Morgan fingerprint density at radius 1 is 1.24 bits per heavy atom. The first-order valence-electron chi connectivity index (χ1n) is 8.94. The minimum atomic E-state index is -1.37. The summed E-state index contributed by atoms with van der Waals surface area (Å²) in [4.78, 5) is 7.05. The van der Waals surface area contributed by atoms with Crippen LogP contribution in [0.3, 0.4) is 0 Å². The molecule has 25 heavy (non-hydrogen) atoms. The van der Waals surface area contributed by atoms with Gasteiger partial charge in [-0.3, -0.25) is 0 Å². The number of halogens is 1. The fraction of sp³-hybridized carbons (Fsp3) is 0.409. The lowest BCUT2D eigenvalue weighted by Gasteiger charge is -2.26. The van der Waals surface area contributed by atoms with Crippen LogP contribution in [0.5, 0.6) is 0 Å². The van der Waals surface area contributed by atoms with Gasteiger partial charge < -0.3 is 4.90 Å². The normalized spacial score (nSPS) is 11.4. The predicted molar refractivity (Wildman–Crippen MR) is 106 cm³/mol. The molecule has 0 bridgehead atoms. The number of pyridine rings is 1. The summed E-state index contributed by atoms with van der Waals surface area (Å²) in [5.74, 6) is 0.934. The molecule has 0 saturated heterocycles. The second kappa shape index (κ2) is 7.81. The molecule has 0 atom stereocenters. The van der Waals surface area contributed by atoms with E-state index in [0.717, 1.165) is 47.7 Å². The van der Waals surface area contributed by atoms with Gasteiger partial charge in [-0.1, -0.05) is 44.2 Å². The Bertz CT molecular complexity index is 744. The number of anilines is 1. The fourth-order valence-electron chi connectivity index (χ4n) is 2.79. The molecule has 0 amide bonds. The van der Waals surface area contributed by atoms with Crippen molar-refractivity contribution in [2.45, 2.75) is 53.1 Å². The van der Waals surface area contributed by atoms with E-state index < -0.39 is 5.67 Å². The largest absolute Gasteiger partial charge is 0.331 e. The summed E-state index contributed by atoms with van der Waals surface area (Å²) in [6, 6.07) is 11.7. The molecule has 0 spiro atoms. The Morgan fingerprint density at radius 3 is 2.56 bits per heavy atom. The lowest BCUT2D eigenvalue weighted by atomic mass is 9.97. The van der Waals surface area contributed by atoms with Crippen molar-refractivity contribution in [2.24, 2.45) is 0 Å². The first-order chi connectivity index (χ1) is 11.7. The number of allylic oxidation sites excluding steroid dienone is 1. The van der Waals surface area contributed by atoms with Gasteiger partial charge in [0.25, 0.3) is 0 Å². The van der Waals surface area contributed by atoms with E-state index in [9.17, 15) is 4.39 Å². The molecular weight excluding hydrogens is 311 g/mol. The van der Waals surface area contributed by atoms with Crippen LogP contribution in [0.2, 0.25) is 0 Å². The number of aromatic nitrogens is 1. The van der Waals surface area contributed by atoms with Gasteiger partial charge in [-0.15, -0.1) is 0 Å². The van der Waals surface area contributed by atoms with E-state index in [-0.39, 0.29) is 0 Å². The lowest BCUT2D eigenvalue weighted by molar-refractivity contribution is 0.221. The van der Waals surface area contributed by atoms with Crippen LogP contribution >= 0.6 is 0 Å².